The van der Waals surface area contributed by atoms with Gasteiger partial charge in [-0.05, 0) is 32.9 Å². The summed E-state index contributed by atoms with van der Waals surface area (Å²) in [5, 5.41) is 3.37. The molecule has 0 bridgehead atoms. The first kappa shape index (κ1) is 13.6. The van der Waals surface area contributed by atoms with Crippen LogP contribution in [-0.2, 0) is 0 Å². The van der Waals surface area contributed by atoms with E-state index in [9.17, 15) is 0 Å². The highest BCUT2D eigenvalue weighted by molar-refractivity contribution is 7.99. The zero-order chi connectivity index (χ0) is 12.0. The Bertz CT molecular complexity index is 234. The fourth-order valence-corrected chi connectivity index (χ4v) is 1.92. The third-order valence-corrected chi connectivity index (χ3v) is 4.24. The highest BCUT2D eigenvalue weighted by Gasteiger charge is 2.18. The fraction of sp³-hybridized carbons (Fsp3) is 0.909. The van der Waals surface area contributed by atoms with E-state index in [1.165, 1.54) is 25.7 Å². The molecule has 0 radical (unpaired) electrons. The van der Waals surface area contributed by atoms with E-state index in [1.807, 2.05) is 11.8 Å². The molecule has 0 aliphatic heterocycles. The van der Waals surface area contributed by atoms with Crippen molar-refractivity contribution in [3.05, 3.63) is 0 Å². The predicted octanol–water partition coefficient (Wildman–Crippen LogP) is 1.48. The largest absolute Gasteiger partial charge is 0.353 e. The smallest absolute Gasteiger partial charge is 0.205 e. The highest BCUT2D eigenvalue weighted by Crippen LogP contribution is 2.21. The van der Waals surface area contributed by atoms with Crippen LogP contribution in [0.5, 0.6) is 0 Å². The molecule has 0 saturated heterocycles. The average Bonchev–Trinajstić information content (AvgIpc) is 2.77. The van der Waals surface area contributed by atoms with Crippen LogP contribution in [0.25, 0.3) is 0 Å². The number of aliphatic imine (C=N–C) groups is 1. The van der Waals surface area contributed by atoms with Crippen LogP contribution < -0.4 is 16.6 Å². The summed E-state index contributed by atoms with van der Waals surface area (Å²) in [4.78, 5) is 4.50. The van der Waals surface area contributed by atoms with Gasteiger partial charge in [0.2, 0.25) is 5.96 Å². The highest BCUT2D eigenvalue weighted by atomic mass is 32.2. The van der Waals surface area contributed by atoms with Gasteiger partial charge < -0.3 is 5.32 Å². The van der Waals surface area contributed by atoms with Crippen LogP contribution in [-0.4, -0.2) is 29.5 Å². The molecule has 0 heterocycles. The topological polar surface area (TPSA) is 62.4 Å². The Balaban J connectivity index is 2.42. The third kappa shape index (κ3) is 4.61. The van der Waals surface area contributed by atoms with E-state index in [1.54, 1.807) is 0 Å². The van der Waals surface area contributed by atoms with Gasteiger partial charge in [0, 0.05) is 10.8 Å². The van der Waals surface area contributed by atoms with E-state index in [4.69, 9.17) is 5.84 Å². The summed E-state index contributed by atoms with van der Waals surface area (Å²) in [5.74, 6) is 6.20. The van der Waals surface area contributed by atoms with E-state index in [2.05, 4.69) is 35.8 Å². The van der Waals surface area contributed by atoms with Crippen LogP contribution in [0.3, 0.4) is 0 Å². The Morgan fingerprint density at radius 3 is 2.56 bits per heavy atom. The van der Waals surface area contributed by atoms with Gasteiger partial charge in [-0.25, -0.2) is 5.84 Å². The summed E-state index contributed by atoms with van der Waals surface area (Å²) in [7, 11) is 0. The van der Waals surface area contributed by atoms with Crippen molar-refractivity contribution in [2.45, 2.75) is 50.3 Å². The van der Waals surface area contributed by atoms with Crippen molar-refractivity contribution in [2.75, 3.05) is 12.8 Å². The van der Waals surface area contributed by atoms with Gasteiger partial charge in [-0.2, -0.15) is 11.8 Å². The van der Waals surface area contributed by atoms with Gasteiger partial charge in [0.25, 0.3) is 0 Å². The van der Waals surface area contributed by atoms with Crippen molar-refractivity contribution < 1.29 is 0 Å². The molecule has 1 aliphatic carbocycles. The van der Waals surface area contributed by atoms with Crippen molar-refractivity contribution in [1.82, 2.24) is 10.7 Å². The molecule has 94 valence electrons. The van der Waals surface area contributed by atoms with E-state index in [0.717, 1.165) is 12.5 Å². The standard InChI is InChI=1S/C11H24N4S/c1-11(2,16-3)8-13-10(15-12)14-9-6-4-5-7-9/h9H,4-8,12H2,1-3H3,(H2,13,14,15). The lowest BCUT2D eigenvalue weighted by atomic mass is 10.2. The van der Waals surface area contributed by atoms with Crippen LogP contribution in [0.15, 0.2) is 4.99 Å². The molecule has 0 aromatic carbocycles. The van der Waals surface area contributed by atoms with Crippen LogP contribution in [0.4, 0.5) is 0 Å². The second kappa shape index (κ2) is 6.35. The first-order chi connectivity index (χ1) is 7.57. The zero-order valence-corrected chi connectivity index (χ0v) is 11.4. The van der Waals surface area contributed by atoms with Gasteiger partial charge in [0.1, 0.15) is 0 Å². The lowest BCUT2D eigenvalue weighted by Crippen LogP contribution is -2.46. The molecule has 5 heteroatoms. The molecule has 0 spiro atoms. The predicted molar refractivity (Wildman–Crippen MR) is 72.6 cm³/mol. The molecule has 0 unspecified atom stereocenters. The van der Waals surface area contributed by atoms with Crippen LogP contribution in [0.2, 0.25) is 0 Å². The van der Waals surface area contributed by atoms with Crippen LogP contribution in [0, 0.1) is 0 Å². The number of rotatable bonds is 4. The second-order valence-electron chi connectivity index (χ2n) is 4.90. The number of hydrazine groups is 1. The minimum atomic E-state index is 0.166. The Morgan fingerprint density at radius 1 is 1.44 bits per heavy atom. The molecule has 1 fully saturated rings. The molecule has 4 nitrogen and oxygen atoms in total. The summed E-state index contributed by atoms with van der Waals surface area (Å²) >= 11 is 1.82. The number of nitrogens with one attached hydrogen (secondary N) is 2. The summed E-state index contributed by atoms with van der Waals surface area (Å²) in [6, 6.07) is 0.548. The molecular formula is C11H24N4S. The number of nitrogens with zero attached hydrogens (tertiary/aromatic N) is 1. The van der Waals surface area contributed by atoms with Gasteiger partial charge >= 0.3 is 0 Å². The normalized spacial score (nSPS) is 18.9. The van der Waals surface area contributed by atoms with Gasteiger partial charge in [-0.15, -0.1) is 0 Å². The number of hydrogen-bond donors (Lipinski definition) is 3. The van der Waals surface area contributed by atoms with Crippen molar-refractivity contribution in [1.29, 1.82) is 0 Å². The van der Waals surface area contributed by atoms with Crippen LogP contribution in [0.1, 0.15) is 39.5 Å². The summed E-state index contributed by atoms with van der Waals surface area (Å²) in [6.45, 7) is 5.14. The van der Waals surface area contributed by atoms with Crippen molar-refractivity contribution in [3.63, 3.8) is 0 Å². The SMILES string of the molecule is CSC(C)(C)CN=C(NN)NC1CCCC1. The Labute approximate surface area is 103 Å². The molecule has 1 aliphatic rings. The minimum Gasteiger partial charge on any atom is -0.353 e. The molecule has 0 amide bonds. The molecule has 0 atom stereocenters. The van der Waals surface area contributed by atoms with E-state index in [-0.39, 0.29) is 4.75 Å². The Morgan fingerprint density at radius 2 is 2.06 bits per heavy atom. The van der Waals surface area contributed by atoms with Crippen molar-refractivity contribution in [3.8, 4) is 0 Å². The molecule has 1 rings (SSSR count). The molecule has 1 saturated carbocycles. The maximum atomic E-state index is 5.47. The Kier molecular flexibility index (Phi) is 5.41. The monoisotopic (exact) mass is 244 g/mol. The molecule has 16 heavy (non-hydrogen) atoms. The maximum Gasteiger partial charge on any atom is 0.205 e. The van der Waals surface area contributed by atoms with Crippen molar-refractivity contribution >= 4 is 17.7 Å². The number of thioether (sulfide) groups is 1. The summed E-state index contributed by atoms with van der Waals surface area (Å²) < 4.78 is 0.166. The van der Waals surface area contributed by atoms with Gasteiger partial charge in [0.15, 0.2) is 0 Å². The summed E-state index contributed by atoms with van der Waals surface area (Å²) in [6.07, 6.45) is 7.19. The lowest BCUT2D eigenvalue weighted by molar-refractivity contribution is 0.610. The molecule has 0 aromatic rings. The van der Waals surface area contributed by atoms with Crippen molar-refractivity contribution in [2.24, 2.45) is 10.8 Å². The van der Waals surface area contributed by atoms with E-state index < -0.39 is 0 Å². The third-order valence-electron chi connectivity index (χ3n) is 3.00. The first-order valence-electron chi connectivity index (χ1n) is 5.90. The van der Waals surface area contributed by atoms with Gasteiger partial charge in [0.05, 0.1) is 6.54 Å². The van der Waals surface area contributed by atoms with Gasteiger partial charge in [-0.1, -0.05) is 12.8 Å². The molecule has 0 aromatic heterocycles. The number of guanidine groups is 1. The minimum absolute atomic E-state index is 0.166. The zero-order valence-electron chi connectivity index (χ0n) is 10.5. The lowest BCUT2D eigenvalue weighted by Gasteiger charge is -2.21. The molecular weight excluding hydrogens is 220 g/mol. The Hall–Kier alpha value is -0.420. The van der Waals surface area contributed by atoms with Gasteiger partial charge in [-0.3, -0.25) is 10.4 Å². The van der Waals surface area contributed by atoms with Crippen LogP contribution >= 0.6 is 11.8 Å². The summed E-state index contributed by atoms with van der Waals surface area (Å²) in [5.41, 5.74) is 2.66. The maximum absolute atomic E-state index is 5.47. The van der Waals surface area contributed by atoms with E-state index in [0.29, 0.717) is 6.04 Å². The second-order valence-corrected chi connectivity index (χ2v) is 6.41. The average molecular weight is 244 g/mol. The molecule has 4 N–H and O–H groups in total. The van der Waals surface area contributed by atoms with E-state index >= 15 is 0 Å². The number of hydrogen-bond acceptors (Lipinski definition) is 3. The number of nitrogens with two attached hydrogens (primary N) is 1. The fourth-order valence-electron chi connectivity index (χ4n) is 1.73. The first-order valence-corrected chi connectivity index (χ1v) is 7.12. The quantitative estimate of drug-likeness (QED) is 0.303.